The molecule has 1 aliphatic rings. The number of alkyl halides is 6. The van der Waals surface area contributed by atoms with Crippen LogP contribution >= 0.6 is 0 Å². The molecule has 1 heterocycles. The highest BCUT2D eigenvalue weighted by Gasteiger charge is 2.60. The molecular weight excluding hydrogens is 426 g/mol. The summed E-state index contributed by atoms with van der Waals surface area (Å²) < 4.78 is 80.3. The van der Waals surface area contributed by atoms with Gasteiger partial charge in [0.05, 0.1) is 0 Å². The Balaban J connectivity index is 1.71. The summed E-state index contributed by atoms with van der Waals surface area (Å²) in [5.41, 5.74) is 2.73. The smallest absolute Gasteiger partial charge is 0.434 e. The zero-order valence-corrected chi connectivity index (χ0v) is 16.2. The third kappa shape index (κ3) is 5.98. The summed E-state index contributed by atoms with van der Waals surface area (Å²) >= 11 is 0. The number of hydrogen-bond acceptors (Lipinski definition) is 4. The van der Waals surface area contributed by atoms with E-state index in [0.717, 1.165) is 16.7 Å². The SMILES string of the molecule is O=C(OC(C(F)(F)F)C(F)(F)F)C1CNCCN1Cc1ccc(-c2ccccc2)cc1. The number of halogens is 6. The minimum atomic E-state index is -5.74. The van der Waals surface area contributed by atoms with Gasteiger partial charge in [-0.3, -0.25) is 9.69 Å². The molecule has 0 saturated carbocycles. The summed E-state index contributed by atoms with van der Waals surface area (Å²) in [6.45, 7) is 0.777. The molecule has 2 aromatic rings. The highest BCUT2D eigenvalue weighted by Crippen LogP contribution is 2.36. The van der Waals surface area contributed by atoms with E-state index in [9.17, 15) is 31.1 Å². The van der Waals surface area contributed by atoms with Crippen molar-refractivity contribution in [3.05, 3.63) is 60.2 Å². The normalized spacial score (nSPS) is 18.2. The Morgan fingerprint density at radius 1 is 0.968 bits per heavy atom. The molecule has 31 heavy (non-hydrogen) atoms. The minimum Gasteiger partial charge on any atom is -0.442 e. The van der Waals surface area contributed by atoms with E-state index in [-0.39, 0.29) is 19.6 Å². The summed E-state index contributed by atoms with van der Waals surface area (Å²) in [5.74, 6) is -1.56. The summed E-state index contributed by atoms with van der Waals surface area (Å²) in [6, 6.07) is 15.6. The molecule has 4 nitrogen and oxygen atoms in total. The van der Waals surface area contributed by atoms with Crippen molar-refractivity contribution in [3.63, 3.8) is 0 Å². The van der Waals surface area contributed by atoms with Crippen molar-refractivity contribution in [1.82, 2.24) is 10.2 Å². The predicted octanol–water partition coefficient (Wildman–Crippen LogP) is 4.16. The maximum Gasteiger partial charge on any atom is 0.434 e. The molecular formula is C21H20F6N2O2. The topological polar surface area (TPSA) is 41.6 Å². The molecule has 2 aromatic carbocycles. The second-order valence-corrected chi connectivity index (χ2v) is 7.15. The van der Waals surface area contributed by atoms with Crippen LogP contribution in [-0.4, -0.2) is 55.0 Å². The number of nitrogens with one attached hydrogen (secondary N) is 1. The summed E-state index contributed by atoms with van der Waals surface area (Å²) in [4.78, 5) is 13.8. The molecule has 1 unspecified atom stereocenters. The molecule has 1 atom stereocenters. The number of benzene rings is 2. The molecule has 10 heteroatoms. The van der Waals surface area contributed by atoms with Gasteiger partial charge in [-0.2, -0.15) is 26.3 Å². The van der Waals surface area contributed by atoms with Crippen LogP contribution in [-0.2, 0) is 16.1 Å². The lowest BCUT2D eigenvalue weighted by Gasteiger charge is -2.35. The zero-order valence-electron chi connectivity index (χ0n) is 16.2. The zero-order chi connectivity index (χ0) is 22.6. The Bertz CT molecular complexity index is 854. The van der Waals surface area contributed by atoms with Gasteiger partial charge in [0.1, 0.15) is 6.04 Å². The van der Waals surface area contributed by atoms with Gasteiger partial charge in [0.25, 0.3) is 6.10 Å². The average molecular weight is 446 g/mol. The number of ether oxygens (including phenoxy) is 1. The van der Waals surface area contributed by atoms with Gasteiger partial charge in [-0.25, -0.2) is 0 Å². The van der Waals surface area contributed by atoms with Crippen LogP contribution in [0.2, 0.25) is 0 Å². The second kappa shape index (κ2) is 9.27. The van der Waals surface area contributed by atoms with E-state index in [1.807, 2.05) is 42.5 Å². The molecule has 1 aliphatic heterocycles. The predicted molar refractivity (Wildman–Crippen MR) is 101 cm³/mol. The van der Waals surface area contributed by atoms with Crippen LogP contribution in [0.5, 0.6) is 0 Å². The largest absolute Gasteiger partial charge is 0.442 e. The maximum atomic E-state index is 12.7. The third-order valence-electron chi connectivity index (χ3n) is 4.90. The molecule has 1 saturated heterocycles. The van der Waals surface area contributed by atoms with Crippen molar-refractivity contribution in [2.75, 3.05) is 19.6 Å². The Morgan fingerprint density at radius 2 is 1.55 bits per heavy atom. The lowest BCUT2D eigenvalue weighted by atomic mass is 10.0. The van der Waals surface area contributed by atoms with Crippen LogP contribution in [0.25, 0.3) is 11.1 Å². The maximum absolute atomic E-state index is 12.7. The minimum absolute atomic E-state index is 0.108. The van der Waals surface area contributed by atoms with Crippen LogP contribution in [0, 0.1) is 0 Å². The molecule has 0 aromatic heterocycles. The van der Waals surface area contributed by atoms with Crippen molar-refractivity contribution in [2.24, 2.45) is 0 Å². The number of carbonyl (C=O) groups excluding carboxylic acids is 1. The van der Waals surface area contributed by atoms with E-state index in [1.165, 1.54) is 4.90 Å². The Kier molecular flexibility index (Phi) is 6.90. The molecule has 168 valence electrons. The van der Waals surface area contributed by atoms with Crippen molar-refractivity contribution < 1.29 is 35.9 Å². The Morgan fingerprint density at radius 3 is 2.13 bits per heavy atom. The fraction of sp³-hybridized carbons (Fsp3) is 0.381. The van der Waals surface area contributed by atoms with Crippen molar-refractivity contribution in [1.29, 1.82) is 0 Å². The summed E-state index contributed by atoms with van der Waals surface area (Å²) in [5, 5.41) is 2.81. The molecule has 3 rings (SSSR count). The monoisotopic (exact) mass is 446 g/mol. The van der Waals surface area contributed by atoms with Crippen LogP contribution in [0.1, 0.15) is 5.56 Å². The second-order valence-electron chi connectivity index (χ2n) is 7.15. The number of hydrogen-bond donors (Lipinski definition) is 1. The molecule has 0 bridgehead atoms. The molecule has 0 spiro atoms. The lowest BCUT2D eigenvalue weighted by Crippen LogP contribution is -2.57. The van der Waals surface area contributed by atoms with E-state index in [4.69, 9.17) is 0 Å². The van der Waals surface area contributed by atoms with Crippen LogP contribution in [0.3, 0.4) is 0 Å². The first-order chi connectivity index (χ1) is 14.6. The van der Waals surface area contributed by atoms with Gasteiger partial charge in [-0.1, -0.05) is 54.6 Å². The highest BCUT2D eigenvalue weighted by molar-refractivity contribution is 5.76. The Labute approximate surface area is 174 Å². The van der Waals surface area contributed by atoms with E-state index < -0.39 is 30.5 Å². The number of piperazine rings is 1. The first-order valence-corrected chi connectivity index (χ1v) is 9.49. The summed E-state index contributed by atoms with van der Waals surface area (Å²) in [7, 11) is 0. The van der Waals surface area contributed by atoms with Crippen molar-refractivity contribution in [3.8, 4) is 11.1 Å². The molecule has 0 radical (unpaired) electrons. The van der Waals surface area contributed by atoms with Gasteiger partial charge in [0.15, 0.2) is 0 Å². The quantitative estimate of drug-likeness (QED) is 0.553. The third-order valence-corrected chi connectivity index (χ3v) is 4.90. The van der Waals surface area contributed by atoms with E-state index in [1.54, 1.807) is 12.1 Å². The van der Waals surface area contributed by atoms with Gasteiger partial charge in [-0.15, -0.1) is 0 Å². The molecule has 1 fully saturated rings. The first kappa shape index (κ1) is 23.1. The number of rotatable bonds is 5. The molecule has 0 aliphatic carbocycles. The first-order valence-electron chi connectivity index (χ1n) is 9.49. The van der Waals surface area contributed by atoms with Gasteiger partial charge in [0, 0.05) is 26.2 Å². The van der Waals surface area contributed by atoms with E-state index >= 15 is 0 Å². The van der Waals surface area contributed by atoms with E-state index in [0.29, 0.717) is 6.54 Å². The van der Waals surface area contributed by atoms with E-state index in [2.05, 4.69) is 10.1 Å². The molecule has 0 amide bonds. The standard InChI is InChI=1S/C21H20F6N2O2/c22-20(23,24)19(21(25,26)27)31-18(30)17-12-28-10-11-29(17)13-14-6-8-16(9-7-14)15-4-2-1-3-5-15/h1-9,17,19,28H,10-13H2. The Hall–Kier alpha value is -2.59. The van der Waals surface area contributed by atoms with Gasteiger partial charge in [0.2, 0.25) is 0 Å². The van der Waals surface area contributed by atoms with Gasteiger partial charge < -0.3 is 10.1 Å². The lowest BCUT2D eigenvalue weighted by molar-refractivity contribution is -0.314. The number of nitrogens with zero attached hydrogens (tertiary/aromatic N) is 1. The highest BCUT2D eigenvalue weighted by atomic mass is 19.4. The van der Waals surface area contributed by atoms with Gasteiger partial charge in [-0.05, 0) is 16.7 Å². The van der Waals surface area contributed by atoms with Crippen LogP contribution in [0.15, 0.2) is 54.6 Å². The van der Waals surface area contributed by atoms with Crippen molar-refractivity contribution >= 4 is 5.97 Å². The van der Waals surface area contributed by atoms with Crippen molar-refractivity contribution in [2.45, 2.75) is 31.0 Å². The van der Waals surface area contributed by atoms with Crippen LogP contribution < -0.4 is 5.32 Å². The average Bonchev–Trinajstić information content (AvgIpc) is 2.72. The number of carbonyl (C=O) groups is 1. The fourth-order valence-corrected chi connectivity index (χ4v) is 3.35. The van der Waals surface area contributed by atoms with Crippen LogP contribution in [0.4, 0.5) is 26.3 Å². The number of esters is 1. The fourth-order valence-electron chi connectivity index (χ4n) is 3.35. The molecule has 1 N–H and O–H groups in total. The summed E-state index contributed by atoms with van der Waals surface area (Å²) in [6.07, 6.45) is -15.6. The van der Waals surface area contributed by atoms with Gasteiger partial charge >= 0.3 is 18.3 Å².